The van der Waals surface area contributed by atoms with Crippen LogP contribution in [0.15, 0.2) is 69.9 Å². The molecule has 0 aliphatic carbocycles. The van der Waals surface area contributed by atoms with Crippen LogP contribution in [0.2, 0.25) is 0 Å². The maximum absolute atomic E-state index is 12.4. The maximum atomic E-state index is 12.4. The van der Waals surface area contributed by atoms with Crippen LogP contribution in [0.25, 0.3) is 22.3 Å². The molecule has 126 valence electrons. The third-order valence-corrected chi connectivity index (χ3v) is 3.63. The Balaban J connectivity index is 2.01. The molecule has 0 fully saturated rings. The van der Waals surface area contributed by atoms with Crippen LogP contribution in [0.5, 0.6) is 11.5 Å². The Hall–Kier alpha value is -3.34. The van der Waals surface area contributed by atoms with Crippen molar-refractivity contribution in [3.05, 3.63) is 70.9 Å². The van der Waals surface area contributed by atoms with E-state index in [9.17, 15) is 9.59 Å². The number of methoxy groups -OCH3 is 1. The number of hydrogen-bond donors (Lipinski definition) is 0. The van der Waals surface area contributed by atoms with Gasteiger partial charge in [0, 0.05) is 17.2 Å². The molecule has 0 unspecified atom stereocenters. The van der Waals surface area contributed by atoms with E-state index < -0.39 is 5.97 Å². The molecule has 0 saturated heterocycles. The van der Waals surface area contributed by atoms with E-state index in [-0.39, 0.29) is 16.8 Å². The van der Waals surface area contributed by atoms with Gasteiger partial charge in [-0.15, -0.1) is 0 Å². The van der Waals surface area contributed by atoms with Crippen LogP contribution in [0.4, 0.5) is 0 Å². The van der Waals surface area contributed by atoms with Crippen molar-refractivity contribution < 1.29 is 18.7 Å². The molecular formula is C20H16O5. The highest BCUT2D eigenvalue weighted by atomic mass is 16.5. The van der Waals surface area contributed by atoms with Crippen LogP contribution in [0.1, 0.15) is 6.92 Å². The second-order valence-electron chi connectivity index (χ2n) is 5.53. The largest absolute Gasteiger partial charge is 0.497 e. The molecule has 0 bridgehead atoms. The van der Waals surface area contributed by atoms with Crippen molar-refractivity contribution in [1.82, 2.24) is 0 Å². The zero-order valence-electron chi connectivity index (χ0n) is 13.9. The quantitative estimate of drug-likeness (QED) is 0.410. The Morgan fingerprint density at radius 3 is 2.36 bits per heavy atom. The molecule has 0 radical (unpaired) electrons. The van der Waals surface area contributed by atoms with Crippen molar-refractivity contribution in [3.63, 3.8) is 0 Å². The highest BCUT2D eigenvalue weighted by molar-refractivity contribution is 5.89. The topological polar surface area (TPSA) is 65.7 Å². The number of carbonyl (C=O) groups is 1. The Kier molecular flexibility index (Phi) is 4.39. The van der Waals surface area contributed by atoms with Crippen LogP contribution in [0, 0.1) is 0 Å². The number of rotatable bonds is 4. The van der Waals surface area contributed by atoms with Gasteiger partial charge in [-0.05, 0) is 49.4 Å². The lowest BCUT2D eigenvalue weighted by Crippen LogP contribution is -2.08. The fourth-order valence-corrected chi connectivity index (χ4v) is 2.29. The van der Waals surface area contributed by atoms with Gasteiger partial charge < -0.3 is 13.9 Å². The monoisotopic (exact) mass is 336 g/mol. The molecule has 0 saturated carbocycles. The van der Waals surface area contributed by atoms with Crippen molar-refractivity contribution >= 4 is 16.9 Å². The van der Waals surface area contributed by atoms with Gasteiger partial charge in [-0.1, -0.05) is 6.58 Å². The second-order valence-corrected chi connectivity index (χ2v) is 5.53. The lowest BCUT2D eigenvalue weighted by atomic mass is 10.1. The van der Waals surface area contributed by atoms with Crippen LogP contribution < -0.4 is 14.9 Å². The molecule has 0 N–H and O–H groups in total. The molecule has 0 spiro atoms. The highest BCUT2D eigenvalue weighted by Crippen LogP contribution is 2.26. The van der Waals surface area contributed by atoms with E-state index in [4.69, 9.17) is 13.9 Å². The normalized spacial score (nSPS) is 10.5. The summed E-state index contributed by atoms with van der Waals surface area (Å²) in [6, 6.07) is 13.3. The van der Waals surface area contributed by atoms with E-state index in [2.05, 4.69) is 6.58 Å². The minimum Gasteiger partial charge on any atom is -0.497 e. The molecule has 0 amide bonds. The molecule has 0 atom stereocenters. The lowest BCUT2D eigenvalue weighted by molar-refractivity contribution is -0.130. The summed E-state index contributed by atoms with van der Waals surface area (Å²) in [4.78, 5) is 24.0. The van der Waals surface area contributed by atoms with Crippen molar-refractivity contribution in [2.24, 2.45) is 0 Å². The van der Waals surface area contributed by atoms with Gasteiger partial charge in [0.25, 0.3) is 0 Å². The van der Waals surface area contributed by atoms with Crippen molar-refractivity contribution in [3.8, 4) is 22.8 Å². The van der Waals surface area contributed by atoms with Crippen LogP contribution >= 0.6 is 0 Å². The third-order valence-electron chi connectivity index (χ3n) is 3.63. The summed E-state index contributed by atoms with van der Waals surface area (Å²) in [5.41, 5.74) is 1.23. The summed E-state index contributed by atoms with van der Waals surface area (Å²) in [7, 11) is 1.59. The van der Waals surface area contributed by atoms with E-state index in [0.717, 1.165) is 11.3 Å². The maximum Gasteiger partial charge on any atom is 0.338 e. The lowest BCUT2D eigenvalue weighted by Gasteiger charge is -2.07. The molecule has 25 heavy (non-hydrogen) atoms. The molecule has 3 aromatic rings. The number of carbonyl (C=O) groups excluding carboxylic acids is 1. The van der Waals surface area contributed by atoms with E-state index >= 15 is 0 Å². The first-order chi connectivity index (χ1) is 12.0. The fraction of sp³-hybridized carbons (Fsp3) is 0.100. The Morgan fingerprint density at radius 1 is 1.04 bits per heavy atom. The first-order valence-corrected chi connectivity index (χ1v) is 7.58. The molecule has 5 heteroatoms. The van der Waals surface area contributed by atoms with E-state index in [1.807, 2.05) is 12.1 Å². The number of hydrogen-bond acceptors (Lipinski definition) is 5. The fourth-order valence-electron chi connectivity index (χ4n) is 2.29. The molecular weight excluding hydrogens is 320 g/mol. The number of fused-ring (bicyclic) bond motifs is 1. The summed E-state index contributed by atoms with van der Waals surface area (Å²) in [6.45, 7) is 5.08. The number of benzene rings is 2. The molecule has 3 rings (SSSR count). The number of esters is 1. The summed E-state index contributed by atoms with van der Waals surface area (Å²) in [5, 5.41) is 0.337. The molecule has 1 heterocycles. The van der Waals surface area contributed by atoms with Gasteiger partial charge in [-0.3, -0.25) is 4.79 Å². The van der Waals surface area contributed by atoms with Crippen LogP contribution in [0.3, 0.4) is 0 Å². The van der Waals surface area contributed by atoms with Crippen molar-refractivity contribution in [1.29, 1.82) is 0 Å². The summed E-state index contributed by atoms with van der Waals surface area (Å²) >= 11 is 0. The third kappa shape index (κ3) is 3.45. The summed E-state index contributed by atoms with van der Waals surface area (Å²) < 4.78 is 16.1. The van der Waals surface area contributed by atoms with Gasteiger partial charge in [0.05, 0.1) is 12.5 Å². The first-order valence-electron chi connectivity index (χ1n) is 7.58. The van der Waals surface area contributed by atoms with Crippen molar-refractivity contribution in [2.75, 3.05) is 7.11 Å². The smallest absolute Gasteiger partial charge is 0.338 e. The van der Waals surface area contributed by atoms with E-state index in [1.54, 1.807) is 38.3 Å². The standard InChI is InChI=1S/C20H16O5/c1-12(2)20(22)24-15-8-9-18-16(10-15)17(21)11-19(25-18)13-4-6-14(23-3)7-5-13/h4-11H,1H2,2-3H3. The van der Waals surface area contributed by atoms with Gasteiger partial charge in [0.2, 0.25) is 0 Å². The molecule has 5 nitrogen and oxygen atoms in total. The van der Waals surface area contributed by atoms with Gasteiger partial charge in [0.15, 0.2) is 5.43 Å². The van der Waals surface area contributed by atoms with E-state index in [1.165, 1.54) is 12.1 Å². The molecule has 0 aliphatic rings. The zero-order valence-corrected chi connectivity index (χ0v) is 13.9. The predicted octanol–water partition coefficient (Wildman–Crippen LogP) is 3.95. The Bertz CT molecular complexity index is 1010. The van der Waals surface area contributed by atoms with Crippen LogP contribution in [-0.4, -0.2) is 13.1 Å². The first kappa shape index (κ1) is 16.5. The van der Waals surface area contributed by atoms with Gasteiger partial charge in [0.1, 0.15) is 22.8 Å². The summed E-state index contributed by atoms with van der Waals surface area (Å²) in [5.74, 6) is 0.895. The predicted molar refractivity (Wildman–Crippen MR) is 94.9 cm³/mol. The highest BCUT2D eigenvalue weighted by Gasteiger charge is 2.11. The minimum atomic E-state index is -0.543. The average molecular weight is 336 g/mol. The number of ether oxygens (including phenoxy) is 2. The van der Waals surface area contributed by atoms with Gasteiger partial charge in [-0.25, -0.2) is 4.79 Å². The summed E-state index contributed by atoms with van der Waals surface area (Å²) in [6.07, 6.45) is 0. The Labute approximate surface area is 144 Å². The van der Waals surface area contributed by atoms with Crippen molar-refractivity contribution in [2.45, 2.75) is 6.92 Å². The Morgan fingerprint density at radius 2 is 1.72 bits per heavy atom. The minimum absolute atomic E-state index is 0.222. The molecule has 0 aliphatic heterocycles. The van der Waals surface area contributed by atoms with Crippen LogP contribution in [-0.2, 0) is 4.79 Å². The van der Waals surface area contributed by atoms with E-state index in [0.29, 0.717) is 16.7 Å². The van der Waals surface area contributed by atoms with Gasteiger partial charge in [-0.2, -0.15) is 0 Å². The molecule has 1 aromatic heterocycles. The van der Waals surface area contributed by atoms with Gasteiger partial charge >= 0.3 is 5.97 Å². The second kappa shape index (κ2) is 6.65. The molecule has 2 aromatic carbocycles. The SMILES string of the molecule is C=C(C)C(=O)Oc1ccc2oc(-c3ccc(OC)cc3)cc(=O)c2c1. The average Bonchev–Trinajstić information content (AvgIpc) is 2.62. The zero-order chi connectivity index (χ0) is 18.0.